The molecule has 0 atom stereocenters. The minimum Gasteiger partial charge on any atom is -0.493 e. The molecule has 1 N–H and O–H groups in total. The fourth-order valence-electron chi connectivity index (χ4n) is 2.56. The van der Waals surface area contributed by atoms with Crippen molar-refractivity contribution >= 4 is 16.7 Å². The number of ether oxygens (including phenoxy) is 3. The summed E-state index contributed by atoms with van der Waals surface area (Å²) in [4.78, 5) is 15.9. The molecule has 5 heteroatoms. The third kappa shape index (κ3) is 2.61. The first kappa shape index (κ1) is 15.0. The Morgan fingerprint density at radius 3 is 2.13 bits per heavy atom. The topological polar surface area (TPSA) is 60.6 Å². The normalized spacial score (nSPS) is 10.6. The quantitative estimate of drug-likeness (QED) is 0.733. The highest BCUT2D eigenvalue weighted by molar-refractivity contribution is 6.10. The molecule has 0 saturated carbocycles. The lowest BCUT2D eigenvalue weighted by Gasteiger charge is -2.13. The maximum absolute atomic E-state index is 12.8. The van der Waals surface area contributed by atoms with E-state index in [4.69, 9.17) is 14.2 Å². The number of carbonyl (C=O) groups excluding carboxylic acids is 1. The summed E-state index contributed by atoms with van der Waals surface area (Å²) >= 11 is 0. The molecule has 0 bridgehead atoms. The molecule has 5 nitrogen and oxygen atoms in total. The van der Waals surface area contributed by atoms with E-state index >= 15 is 0 Å². The molecule has 0 aliphatic rings. The van der Waals surface area contributed by atoms with Crippen molar-refractivity contribution in [2.45, 2.75) is 0 Å². The second-order valence-electron chi connectivity index (χ2n) is 5.01. The van der Waals surface area contributed by atoms with Gasteiger partial charge in [0.25, 0.3) is 0 Å². The molecule has 3 aromatic rings. The van der Waals surface area contributed by atoms with Crippen LogP contribution in [0.3, 0.4) is 0 Å². The monoisotopic (exact) mass is 311 g/mol. The molecule has 0 unspecified atom stereocenters. The van der Waals surface area contributed by atoms with Gasteiger partial charge in [-0.15, -0.1) is 0 Å². The largest absolute Gasteiger partial charge is 0.493 e. The summed E-state index contributed by atoms with van der Waals surface area (Å²) in [7, 11) is 4.57. The first-order valence-electron chi connectivity index (χ1n) is 7.10. The Morgan fingerprint density at radius 2 is 1.57 bits per heavy atom. The smallest absolute Gasteiger partial charge is 0.209 e. The van der Waals surface area contributed by atoms with E-state index in [1.807, 2.05) is 30.3 Å². The first-order valence-corrected chi connectivity index (χ1v) is 7.10. The summed E-state index contributed by atoms with van der Waals surface area (Å²) in [5.74, 6) is 1.22. The van der Waals surface area contributed by atoms with E-state index in [1.165, 1.54) is 21.3 Å². The van der Waals surface area contributed by atoms with Crippen molar-refractivity contribution in [1.82, 2.24) is 4.98 Å². The van der Waals surface area contributed by atoms with Crippen molar-refractivity contribution in [2.75, 3.05) is 21.3 Å². The standard InChI is InChI=1S/C18H17NO4/c1-21-15-9-12(10-16(22-2)18(15)23-3)17(20)14-8-11-6-4-5-7-13(11)19-14/h4-10,19H,1-3H3. The number of hydrogen-bond acceptors (Lipinski definition) is 4. The number of nitrogens with one attached hydrogen (secondary N) is 1. The van der Waals surface area contributed by atoms with Gasteiger partial charge in [0.15, 0.2) is 11.5 Å². The minimum atomic E-state index is -0.138. The number of carbonyl (C=O) groups is 1. The number of fused-ring (bicyclic) bond motifs is 1. The Balaban J connectivity index is 2.08. The second-order valence-corrected chi connectivity index (χ2v) is 5.01. The van der Waals surface area contributed by atoms with Gasteiger partial charge in [0, 0.05) is 16.5 Å². The zero-order valence-electron chi connectivity index (χ0n) is 13.2. The van der Waals surface area contributed by atoms with Crippen LogP contribution >= 0.6 is 0 Å². The highest BCUT2D eigenvalue weighted by Gasteiger charge is 2.19. The van der Waals surface area contributed by atoms with E-state index in [0.29, 0.717) is 28.5 Å². The van der Waals surface area contributed by atoms with Crippen molar-refractivity contribution in [3.05, 3.63) is 53.7 Å². The van der Waals surface area contributed by atoms with E-state index < -0.39 is 0 Å². The number of aromatic amines is 1. The molecule has 0 saturated heterocycles. The predicted molar refractivity (Wildman–Crippen MR) is 87.8 cm³/mol. The van der Waals surface area contributed by atoms with Crippen LogP contribution in [-0.2, 0) is 0 Å². The lowest BCUT2D eigenvalue weighted by Crippen LogP contribution is -2.04. The summed E-state index contributed by atoms with van der Waals surface area (Å²) in [6.07, 6.45) is 0. The molecule has 0 aliphatic carbocycles. The third-order valence-electron chi connectivity index (χ3n) is 3.70. The van der Waals surface area contributed by atoms with Gasteiger partial charge in [-0.05, 0) is 24.3 Å². The third-order valence-corrected chi connectivity index (χ3v) is 3.70. The van der Waals surface area contributed by atoms with Crippen molar-refractivity contribution in [3.63, 3.8) is 0 Å². The van der Waals surface area contributed by atoms with Gasteiger partial charge >= 0.3 is 0 Å². The fourth-order valence-corrected chi connectivity index (χ4v) is 2.56. The van der Waals surface area contributed by atoms with Gasteiger partial charge in [-0.2, -0.15) is 0 Å². The SMILES string of the molecule is COc1cc(C(=O)c2cc3ccccc3[nH]2)cc(OC)c1OC. The van der Waals surface area contributed by atoms with Crippen LogP contribution in [0.15, 0.2) is 42.5 Å². The van der Waals surface area contributed by atoms with E-state index in [-0.39, 0.29) is 5.78 Å². The van der Waals surface area contributed by atoms with Crippen LogP contribution in [0.5, 0.6) is 17.2 Å². The van der Waals surface area contributed by atoms with E-state index in [2.05, 4.69) is 4.98 Å². The zero-order valence-corrected chi connectivity index (χ0v) is 13.2. The zero-order chi connectivity index (χ0) is 16.4. The Kier molecular flexibility index (Phi) is 3.93. The van der Waals surface area contributed by atoms with Gasteiger partial charge in [0.2, 0.25) is 11.5 Å². The summed E-state index contributed by atoms with van der Waals surface area (Å²) < 4.78 is 15.9. The second kappa shape index (κ2) is 6.04. The molecule has 118 valence electrons. The average molecular weight is 311 g/mol. The molecule has 1 aromatic heterocycles. The van der Waals surface area contributed by atoms with Crippen LogP contribution in [-0.4, -0.2) is 32.1 Å². The van der Waals surface area contributed by atoms with Gasteiger partial charge in [-0.1, -0.05) is 18.2 Å². The number of rotatable bonds is 5. The maximum atomic E-state index is 12.8. The van der Waals surface area contributed by atoms with Crippen molar-refractivity contribution in [1.29, 1.82) is 0 Å². The number of H-pyrrole nitrogens is 1. The molecule has 0 radical (unpaired) electrons. The summed E-state index contributed by atoms with van der Waals surface area (Å²) in [5.41, 5.74) is 1.90. The number of hydrogen-bond donors (Lipinski definition) is 1. The Bertz CT molecular complexity index is 808. The summed E-state index contributed by atoms with van der Waals surface area (Å²) in [6, 6.07) is 12.9. The molecule has 0 fully saturated rings. The Labute approximate surface area is 133 Å². The number of aromatic nitrogens is 1. The highest BCUT2D eigenvalue weighted by atomic mass is 16.5. The van der Waals surface area contributed by atoms with Gasteiger partial charge < -0.3 is 19.2 Å². The predicted octanol–water partition coefficient (Wildman–Crippen LogP) is 3.42. The molecular weight excluding hydrogens is 294 g/mol. The highest BCUT2D eigenvalue weighted by Crippen LogP contribution is 2.38. The Hall–Kier alpha value is -2.95. The van der Waals surface area contributed by atoms with Crippen molar-refractivity contribution in [2.24, 2.45) is 0 Å². The van der Waals surface area contributed by atoms with Gasteiger partial charge in [0.05, 0.1) is 27.0 Å². The van der Waals surface area contributed by atoms with Crippen LogP contribution < -0.4 is 14.2 Å². The molecule has 2 aromatic carbocycles. The molecular formula is C18H17NO4. The molecule has 1 heterocycles. The minimum absolute atomic E-state index is 0.138. The van der Waals surface area contributed by atoms with Crippen LogP contribution in [0.25, 0.3) is 10.9 Å². The lowest BCUT2D eigenvalue weighted by atomic mass is 10.1. The van der Waals surface area contributed by atoms with Gasteiger partial charge in [0.1, 0.15) is 0 Å². The van der Waals surface area contributed by atoms with Crippen molar-refractivity contribution in [3.8, 4) is 17.2 Å². The molecule has 0 spiro atoms. The van der Waals surface area contributed by atoms with Gasteiger partial charge in [-0.3, -0.25) is 4.79 Å². The average Bonchev–Trinajstić information content (AvgIpc) is 3.03. The molecule has 23 heavy (non-hydrogen) atoms. The molecule has 3 rings (SSSR count). The van der Waals surface area contributed by atoms with E-state index in [0.717, 1.165) is 10.9 Å². The fraction of sp³-hybridized carbons (Fsp3) is 0.167. The summed E-state index contributed by atoms with van der Waals surface area (Å²) in [6.45, 7) is 0. The molecule has 0 amide bonds. The lowest BCUT2D eigenvalue weighted by molar-refractivity contribution is 0.103. The van der Waals surface area contributed by atoms with Crippen LogP contribution in [0.4, 0.5) is 0 Å². The van der Waals surface area contributed by atoms with Crippen LogP contribution in [0, 0.1) is 0 Å². The molecule has 0 aliphatic heterocycles. The van der Waals surface area contributed by atoms with Gasteiger partial charge in [-0.25, -0.2) is 0 Å². The number of para-hydroxylation sites is 1. The van der Waals surface area contributed by atoms with E-state index in [1.54, 1.807) is 12.1 Å². The summed E-state index contributed by atoms with van der Waals surface area (Å²) in [5, 5.41) is 0.989. The van der Waals surface area contributed by atoms with Crippen molar-refractivity contribution < 1.29 is 19.0 Å². The van der Waals surface area contributed by atoms with E-state index in [9.17, 15) is 4.79 Å². The number of benzene rings is 2. The number of ketones is 1. The number of methoxy groups -OCH3 is 3. The van der Waals surface area contributed by atoms with Crippen LogP contribution in [0.1, 0.15) is 16.1 Å². The Morgan fingerprint density at radius 1 is 0.913 bits per heavy atom. The maximum Gasteiger partial charge on any atom is 0.209 e. The first-order chi connectivity index (χ1) is 11.2. The van der Waals surface area contributed by atoms with Crippen LogP contribution in [0.2, 0.25) is 0 Å².